The molecule has 5 nitrogen and oxygen atoms in total. The van der Waals surface area contributed by atoms with Gasteiger partial charge in [0.1, 0.15) is 0 Å². The first kappa shape index (κ1) is 15.0. The fourth-order valence-corrected chi connectivity index (χ4v) is 2.39. The number of amides is 1. The molecule has 0 atom stereocenters. The zero-order valence-corrected chi connectivity index (χ0v) is 12.4. The number of hydrogen-bond acceptors (Lipinski definition) is 4. The molecule has 1 fully saturated rings. The van der Waals surface area contributed by atoms with Crippen molar-refractivity contribution in [1.82, 2.24) is 15.1 Å². The summed E-state index contributed by atoms with van der Waals surface area (Å²) in [4.78, 5) is 16.3. The standard InChI is InChI=1S/C15H24N4O/c1-18(2)11-13-4-3-5-14(10-13)17-15(20)12-19-8-6-16-7-9-19/h3-5,10,16H,6-9,11-12H2,1-2H3,(H,17,20). The number of nitrogens with one attached hydrogen (secondary N) is 2. The van der Waals surface area contributed by atoms with Crippen molar-refractivity contribution in [1.29, 1.82) is 0 Å². The fraction of sp³-hybridized carbons (Fsp3) is 0.533. The molecule has 2 rings (SSSR count). The van der Waals surface area contributed by atoms with Crippen LogP contribution in [0.4, 0.5) is 5.69 Å². The highest BCUT2D eigenvalue weighted by Crippen LogP contribution is 2.12. The van der Waals surface area contributed by atoms with E-state index in [0.717, 1.165) is 38.4 Å². The summed E-state index contributed by atoms with van der Waals surface area (Å²) >= 11 is 0. The van der Waals surface area contributed by atoms with E-state index in [1.807, 2.05) is 32.3 Å². The van der Waals surface area contributed by atoms with Crippen LogP contribution < -0.4 is 10.6 Å². The van der Waals surface area contributed by atoms with Gasteiger partial charge in [-0.25, -0.2) is 0 Å². The topological polar surface area (TPSA) is 47.6 Å². The molecular formula is C15H24N4O. The molecule has 0 spiro atoms. The minimum atomic E-state index is 0.0638. The van der Waals surface area contributed by atoms with Gasteiger partial charge in [-0.15, -0.1) is 0 Å². The molecule has 1 aromatic carbocycles. The highest BCUT2D eigenvalue weighted by molar-refractivity contribution is 5.92. The summed E-state index contributed by atoms with van der Waals surface area (Å²) in [6.45, 7) is 5.15. The SMILES string of the molecule is CN(C)Cc1cccc(NC(=O)CN2CCNCC2)c1. The lowest BCUT2D eigenvalue weighted by Crippen LogP contribution is -2.46. The second kappa shape index (κ2) is 7.38. The molecule has 1 aliphatic rings. The third-order valence-electron chi connectivity index (χ3n) is 3.29. The monoisotopic (exact) mass is 276 g/mol. The van der Waals surface area contributed by atoms with Crippen molar-refractivity contribution < 1.29 is 4.79 Å². The van der Waals surface area contributed by atoms with Gasteiger partial charge in [0.05, 0.1) is 6.54 Å². The Morgan fingerprint density at radius 1 is 1.35 bits per heavy atom. The molecule has 0 radical (unpaired) electrons. The molecule has 0 unspecified atom stereocenters. The zero-order chi connectivity index (χ0) is 14.4. The number of hydrogen-bond donors (Lipinski definition) is 2. The Balaban J connectivity index is 1.86. The third-order valence-corrected chi connectivity index (χ3v) is 3.29. The van der Waals surface area contributed by atoms with Gasteiger partial charge < -0.3 is 15.5 Å². The summed E-state index contributed by atoms with van der Waals surface area (Å²) in [6.07, 6.45) is 0. The van der Waals surface area contributed by atoms with Crippen molar-refractivity contribution >= 4 is 11.6 Å². The highest BCUT2D eigenvalue weighted by Gasteiger charge is 2.13. The second-order valence-corrected chi connectivity index (χ2v) is 5.51. The average molecular weight is 276 g/mol. The Bertz CT molecular complexity index is 441. The summed E-state index contributed by atoms with van der Waals surface area (Å²) in [7, 11) is 4.07. The first-order chi connectivity index (χ1) is 9.63. The van der Waals surface area contributed by atoms with Crippen LogP contribution in [0.5, 0.6) is 0 Å². The van der Waals surface area contributed by atoms with Crippen LogP contribution in [-0.4, -0.2) is 62.5 Å². The van der Waals surface area contributed by atoms with E-state index < -0.39 is 0 Å². The number of carbonyl (C=O) groups is 1. The predicted octanol–water partition coefficient (Wildman–Crippen LogP) is 0.592. The lowest BCUT2D eigenvalue weighted by Gasteiger charge is -2.26. The van der Waals surface area contributed by atoms with Gasteiger partial charge in [0, 0.05) is 38.4 Å². The summed E-state index contributed by atoms with van der Waals surface area (Å²) in [5.74, 6) is 0.0638. The Morgan fingerprint density at radius 2 is 2.10 bits per heavy atom. The Hall–Kier alpha value is -1.43. The maximum Gasteiger partial charge on any atom is 0.238 e. The van der Waals surface area contributed by atoms with Crippen molar-refractivity contribution in [3.8, 4) is 0 Å². The minimum Gasteiger partial charge on any atom is -0.325 e. The van der Waals surface area contributed by atoms with Crippen molar-refractivity contribution in [3.05, 3.63) is 29.8 Å². The molecule has 0 aliphatic carbocycles. The van der Waals surface area contributed by atoms with Crippen LogP contribution in [0, 0.1) is 0 Å². The quantitative estimate of drug-likeness (QED) is 0.826. The zero-order valence-electron chi connectivity index (χ0n) is 12.4. The van der Waals surface area contributed by atoms with Gasteiger partial charge in [0.25, 0.3) is 0 Å². The first-order valence-electron chi connectivity index (χ1n) is 7.10. The molecular weight excluding hydrogens is 252 g/mol. The number of anilines is 1. The largest absolute Gasteiger partial charge is 0.325 e. The molecule has 1 saturated heterocycles. The molecule has 1 aliphatic heterocycles. The lowest BCUT2D eigenvalue weighted by atomic mass is 10.2. The van der Waals surface area contributed by atoms with E-state index >= 15 is 0 Å². The summed E-state index contributed by atoms with van der Waals surface area (Å²) in [5, 5.41) is 6.27. The summed E-state index contributed by atoms with van der Waals surface area (Å²) in [6, 6.07) is 8.04. The molecule has 1 aromatic rings. The molecule has 1 heterocycles. The average Bonchev–Trinajstić information content (AvgIpc) is 2.39. The van der Waals surface area contributed by atoms with E-state index in [9.17, 15) is 4.79 Å². The normalized spacial score (nSPS) is 16.4. The van der Waals surface area contributed by atoms with E-state index in [-0.39, 0.29) is 5.91 Å². The van der Waals surface area contributed by atoms with Gasteiger partial charge in [-0.1, -0.05) is 12.1 Å². The van der Waals surface area contributed by atoms with Gasteiger partial charge >= 0.3 is 0 Å². The van der Waals surface area contributed by atoms with Crippen LogP contribution in [0.1, 0.15) is 5.56 Å². The summed E-state index contributed by atoms with van der Waals surface area (Å²) in [5.41, 5.74) is 2.08. The number of piperazine rings is 1. The number of carbonyl (C=O) groups excluding carboxylic acids is 1. The van der Waals surface area contributed by atoms with Crippen molar-refractivity contribution in [2.24, 2.45) is 0 Å². The smallest absolute Gasteiger partial charge is 0.238 e. The van der Waals surface area contributed by atoms with Gasteiger partial charge in [0.2, 0.25) is 5.91 Å². The fourth-order valence-electron chi connectivity index (χ4n) is 2.39. The number of nitrogens with zero attached hydrogens (tertiary/aromatic N) is 2. The summed E-state index contributed by atoms with van der Waals surface area (Å²) < 4.78 is 0. The molecule has 0 aromatic heterocycles. The second-order valence-electron chi connectivity index (χ2n) is 5.51. The van der Waals surface area contributed by atoms with Crippen molar-refractivity contribution in [2.75, 3.05) is 52.1 Å². The van der Waals surface area contributed by atoms with Gasteiger partial charge in [-0.3, -0.25) is 9.69 Å². The Morgan fingerprint density at radius 3 is 2.80 bits per heavy atom. The van der Waals surface area contributed by atoms with Crippen LogP contribution in [0.25, 0.3) is 0 Å². The van der Waals surface area contributed by atoms with Crippen molar-refractivity contribution in [3.63, 3.8) is 0 Å². The highest BCUT2D eigenvalue weighted by atomic mass is 16.2. The molecule has 2 N–H and O–H groups in total. The predicted molar refractivity (Wildman–Crippen MR) is 81.8 cm³/mol. The minimum absolute atomic E-state index is 0.0638. The molecule has 110 valence electrons. The van der Waals surface area contributed by atoms with E-state index in [2.05, 4.69) is 26.5 Å². The lowest BCUT2D eigenvalue weighted by molar-refractivity contribution is -0.117. The van der Waals surface area contributed by atoms with Crippen LogP contribution >= 0.6 is 0 Å². The maximum absolute atomic E-state index is 12.0. The molecule has 0 saturated carbocycles. The van der Waals surface area contributed by atoms with Crippen LogP contribution in [0.15, 0.2) is 24.3 Å². The van der Waals surface area contributed by atoms with Crippen LogP contribution in [0.3, 0.4) is 0 Å². The number of rotatable bonds is 5. The van der Waals surface area contributed by atoms with Gasteiger partial charge in [-0.2, -0.15) is 0 Å². The number of benzene rings is 1. The molecule has 20 heavy (non-hydrogen) atoms. The Labute approximate surface area is 120 Å². The Kier molecular flexibility index (Phi) is 5.52. The maximum atomic E-state index is 12.0. The van der Waals surface area contributed by atoms with Gasteiger partial charge in [0.15, 0.2) is 0 Å². The first-order valence-corrected chi connectivity index (χ1v) is 7.10. The van der Waals surface area contributed by atoms with Crippen LogP contribution in [0.2, 0.25) is 0 Å². The van der Waals surface area contributed by atoms with Crippen LogP contribution in [-0.2, 0) is 11.3 Å². The van der Waals surface area contributed by atoms with Gasteiger partial charge in [-0.05, 0) is 31.8 Å². The molecule has 0 bridgehead atoms. The van der Waals surface area contributed by atoms with E-state index in [0.29, 0.717) is 6.54 Å². The van der Waals surface area contributed by atoms with E-state index in [1.165, 1.54) is 5.56 Å². The van der Waals surface area contributed by atoms with E-state index in [4.69, 9.17) is 0 Å². The van der Waals surface area contributed by atoms with E-state index in [1.54, 1.807) is 0 Å². The third kappa shape index (κ3) is 4.92. The molecule has 5 heteroatoms. The van der Waals surface area contributed by atoms with Crippen molar-refractivity contribution in [2.45, 2.75) is 6.54 Å². The molecule has 1 amide bonds.